The molecule has 1 heterocycles. The number of hydrogen-bond acceptors (Lipinski definition) is 4. The molecule has 0 aromatic heterocycles. The van der Waals surface area contributed by atoms with Crippen LogP contribution in [0.3, 0.4) is 0 Å². The number of carbonyl (C=O) groups is 2. The lowest BCUT2D eigenvalue weighted by Gasteiger charge is -2.35. The molecule has 106 valence electrons. The highest BCUT2D eigenvalue weighted by atomic mass is 16.6. The van der Waals surface area contributed by atoms with E-state index >= 15 is 0 Å². The van der Waals surface area contributed by atoms with E-state index in [-0.39, 0.29) is 19.5 Å². The van der Waals surface area contributed by atoms with Gasteiger partial charge in [-0.3, -0.25) is 4.79 Å². The molecule has 1 aliphatic heterocycles. The molecule has 0 aromatic rings. The van der Waals surface area contributed by atoms with Gasteiger partial charge in [0.05, 0.1) is 12.0 Å². The van der Waals surface area contributed by atoms with Crippen molar-refractivity contribution in [1.29, 1.82) is 0 Å². The third-order valence-corrected chi connectivity index (χ3v) is 2.64. The van der Waals surface area contributed by atoms with Crippen LogP contribution in [0.5, 0.6) is 0 Å². The second-order valence-electron chi connectivity index (χ2n) is 5.51. The van der Waals surface area contributed by atoms with Gasteiger partial charge in [0.1, 0.15) is 5.60 Å². The summed E-state index contributed by atoms with van der Waals surface area (Å²) >= 11 is 0. The number of aliphatic carboxylic acids is 1. The zero-order chi connectivity index (χ0) is 14.6. The monoisotopic (exact) mass is 270 g/mol. The van der Waals surface area contributed by atoms with Crippen LogP contribution in [0.1, 0.15) is 27.2 Å². The molecular formula is C11H18N4O4. The molecule has 1 fully saturated rings. The number of carboxylic acid groups (broad SMARTS) is 1. The lowest BCUT2D eigenvalue weighted by atomic mass is 9.95. The summed E-state index contributed by atoms with van der Waals surface area (Å²) in [6.45, 7) is 5.45. The molecule has 0 radical (unpaired) electrons. The number of rotatable bonds is 2. The normalized spacial score (nSPS) is 23.4. The summed E-state index contributed by atoms with van der Waals surface area (Å²) < 4.78 is 5.19. The Labute approximate surface area is 111 Å². The molecule has 1 saturated heterocycles. The van der Waals surface area contributed by atoms with Gasteiger partial charge in [-0.1, -0.05) is 5.11 Å². The predicted octanol–water partition coefficient (Wildman–Crippen LogP) is 2.01. The van der Waals surface area contributed by atoms with E-state index in [9.17, 15) is 9.59 Å². The van der Waals surface area contributed by atoms with Gasteiger partial charge in [-0.2, -0.15) is 0 Å². The first kappa shape index (κ1) is 15.1. The number of carbonyl (C=O) groups excluding carboxylic acids is 1. The summed E-state index contributed by atoms with van der Waals surface area (Å²) in [5, 5.41) is 12.6. The molecule has 0 aromatic carbocycles. The van der Waals surface area contributed by atoms with E-state index in [1.54, 1.807) is 20.8 Å². The van der Waals surface area contributed by atoms with Crippen molar-refractivity contribution in [3.8, 4) is 0 Å². The van der Waals surface area contributed by atoms with Crippen molar-refractivity contribution in [2.24, 2.45) is 11.0 Å². The Bertz CT molecular complexity index is 401. The maximum atomic E-state index is 11.9. The molecule has 8 heteroatoms. The largest absolute Gasteiger partial charge is 0.481 e. The van der Waals surface area contributed by atoms with Crippen LogP contribution in [0.2, 0.25) is 0 Å². The van der Waals surface area contributed by atoms with Crippen LogP contribution in [-0.4, -0.2) is 46.8 Å². The highest BCUT2D eigenvalue weighted by molar-refractivity contribution is 5.73. The van der Waals surface area contributed by atoms with Crippen LogP contribution in [0.25, 0.3) is 10.4 Å². The Morgan fingerprint density at radius 1 is 1.42 bits per heavy atom. The Kier molecular flexibility index (Phi) is 4.61. The highest BCUT2D eigenvalue weighted by Gasteiger charge is 2.35. The number of carboxylic acids is 1. The first-order valence-electron chi connectivity index (χ1n) is 5.98. The van der Waals surface area contributed by atoms with Gasteiger partial charge in [0.2, 0.25) is 0 Å². The smallest absolute Gasteiger partial charge is 0.410 e. The summed E-state index contributed by atoms with van der Waals surface area (Å²) in [5.74, 6) is -1.75. The fourth-order valence-corrected chi connectivity index (χ4v) is 1.88. The van der Waals surface area contributed by atoms with E-state index in [1.807, 2.05) is 0 Å². The molecule has 2 unspecified atom stereocenters. The summed E-state index contributed by atoms with van der Waals surface area (Å²) in [6.07, 6.45) is -0.352. The number of piperidine rings is 1. The molecule has 1 N–H and O–H groups in total. The van der Waals surface area contributed by atoms with Gasteiger partial charge >= 0.3 is 12.1 Å². The van der Waals surface area contributed by atoms with Gasteiger partial charge in [0.25, 0.3) is 0 Å². The molecule has 0 spiro atoms. The average molecular weight is 270 g/mol. The van der Waals surface area contributed by atoms with Crippen molar-refractivity contribution in [1.82, 2.24) is 4.90 Å². The number of hydrogen-bond donors (Lipinski definition) is 1. The summed E-state index contributed by atoms with van der Waals surface area (Å²) in [5.41, 5.74) is 7.78. The van der Waals surface area contributed by atoms with Crippen molar-refractivity contribution in [3.63, 3.8) is 0 Å². The van der Waals surface area contributed by atoms with Gasteiger partial charge in [-0.25, -0.2) is 4.79 Å². The molecule has 0 saturated carbocycles. The van der Waals surface area contributed by atoms with E-state index in [0.717, 1.165) is 0 Å². The van der Waals surface area contributed by atoms with E-state index in [1.165, 1.54) is 4.90 Å². The van der Waals surface area contributed by atoms with E-state index in [0.29, 0.717) is 0 Å². The fraction of sp³-hybridized carbons (Fsp3) is 0.818. The Morgan fingerprint density at radius 3 is 2.53 bits per heavy atom. The third kappa shape index (κ3) is 4.67. The Hall–Kier alpha value is -1.95. The maximum Gasteiger partial charge on any atom is 0.410 e. The SMILES string of the molecule is CC(C)(C)OC(=O)N1CC(N=[N+]=[N-])CC(C(=O)O)C1. The van der Waals surface area contributed by atoms with Crippen molar-refractivity contribution >= 4 is 12.1 Å². The first-order valence-corrected chi connectivity index (χ1v) is 5.98. The third-order valence-electron chi connectivity index (χ3n) is 2.64. The Morgan fingerprint density at radius 2 is 2.05 bits per heavy atom. The molecule has 1 aliphatic rings. The summed E-state index contributed by atoms with van der Waals surface area (Å²) in [6, 6.07) is -0.535. The number of amides is 1. The van der Waals surface area contributed by atoms with Gasteiger partial charge in [0, 0.05) is 18.0 Å². The minimum Gasteiger partial charge on any atom is -0.481 e. The van der Waals surface area contributed by atoms with Crippen LogP contribution < -0.4 is 0 Å². The molecule has 0 bridgehead atoms. The molecule has 1 amide bonds. The number of ether oxygens (including phenoxy) is 1. The van der Waals surface area contributed by atoms with Crippen LogP contribution in [0.4, 0.5) is 4.79 Å². The minimum atomic E-state index is -1.01. The topological polar surface area (TPSA) is 116 Å². The van der Waals surface area contributed by atoms with Crippen LogP contribution >= 0.6 is 0 Å². The van der Waals surface area contributed by atoms with Gasteiger partial charge in [-0.05, 0) is 32.7 Å². The van der Waals surface area contributed by atoms with Crippen LogP contribution in [-0.2, 0) is 9.53 Å². The zero-order valence-corrected chi connectivity index (χ0v) is 11.2. The summed E-state index contributed by atoms with van der Waals surface area (Å²) in [7, 11) is 0. The average Bonchev–Trinajstić information content (AvgIpc) is 2.26. The second kappa shape index (κ2) is 5.79. The summed E-state index contributed by atoms with van der Waals surface area (Å²) in [4.78, 5) is 26.9. The molecule has 8 nitrogen and oxygen atoms in total. The van der Waals surface area contributed by atoms with Crippen molar-refractivity contribution in [2.45, 2.75) is 38.8 Å². The Balaban J connectivity index is 2.78. The quantitative estimate of drug-likeness (QED) is 0.469. The first-order chi connectivity index (χ1) is 8.73. The van der Waals surface area contributed by atoms with Gasteiger partial charge < -0.3 is 14.7 Å². The highest BCUT2D eigenvalue weighted by Crippen LogP contribution is 2.22. The van der Waals surface area contributed by atoms with Crippen molar-refractivity contribution in [2.75, 3.05) is 13.1 Å². The van der Waals surface area contributed by atoms with Crippen molar-refractivity contribution < 1.29 is 19.4 Å². The van der Waals surface area contributed by atoms with Crippen molar-refractivity contribution in [3.05, 3.63) is 10.4 Å². The zero-order valence-electron chi connectivity index (χ0n) is 11.2. The van der Waals surface area contributed by atoms with E-state index < -0.39 is 29.6 Å². The van der Waals surface area contributed by atoms with Gasteiger partial charge in [-0.15, -0.1) is 0 Å². The molecule has 1 rings (SSSR count). The van der Waals surface area contributed by atoms with Crippen LogP contribution in [0, 0.1) is 5.92 Å². The number of nitrogens with zero attached hydrogens (tertiary/aromatic N) is 4. The lowest BCUT2D eigenvalue weighted by Crippen LogP contribution is -2.49. The molecule has 0 aliphatic carbocycles. The molecule has 2 atom stereocenters. The molecule has 19 heavy (non-hydrogen) atoms. The molecular weight excluding hydrogens is 252 g/mol. The lowest BCUT2D eigenvalue weighted by molar-refractivity contribution is -0.143. The van der Waals surface area contributed by atoms with E-state index in [4.69, 9.17) is 15.4 Å². The number of likely N-dealkylation sites (tertiary alicyclic amines) is 1. The van der Waals surface area contributed by atoms with E-state index in [2.05, 4.69) is 10.0 Å². The number of azide groups is 1. The maximum absolute atomic E-state index is 11.9. The van der Waals surface area contributed by atoms with Crippen LogP contribution in [0.15, 0.2) is 5.11 Å². The minimum absolute atomic E-state index is 0.0711. The second-order valence-corrected chi connectivity index (χ2v) is 5.51. The standard InChI is InChI=1S/C11H18N4O4/c1-11(2,3)19-10(18)15-5-7(9(16)17)4-8(6-15)13-14-12/h7-8H,4-6H2,1-3H3,(H,16,17). The fourth-order valence-electron chi connectivity index (χ4n) is 1.88. The predicted molar refractivity (Wildman–Crippen MR) is 66.5 cm³/mol. The van der Waals surface area contributed by atoms with Gasteiger partial charge in [0.15, 0.2) is 0 Å².